The highest BCUT2D eigenvalue weighted by atomic mass is 32.2. The van der Waals surface area contributed by atoms with Crippen molar-refractivity contribution >= 4 is 23.4 Å². The molecule has 1 aromatic heterocycles. The van der Waals surface area contributed by atoms with Gasteiger partial charge in [0.25, 0.3) is 11.5 Å². The minimum absolute atomic E-state index is 0.184. The van der Waals surface area contributed by atoms with Crippen LogP contribution in [0.2, 0.25) is 0 Å². The van der Waals surface area contributed by atoms with E-state index in [1.165, 1.54) is 0 Å². The van der Waals surface area contributed by atoms with Crippen LogP contribution in [0.5, 0.6) is 0 Å². The number of fused-ring (bicyclic) bond motifs is 2. The zero-order chi connectivity index (χ0) is 26.5. The molecular weight excluding hydrogens is 501 g/mol. The molecule has 5 rings (SSSR count). The fraction of sp³-hybridized carbons (Fsp3) is 0.333. The van der Waals surface area contributed by atoms with E-state index in [0.29, 0.717) is 26.2 Å². The molecule has 0 saturated carbocycles. The Morgan fingerprint density at radius 2 is 1.54 bits per heavy atom. The van der Waals surface area contributed by atoms with E-state index < -0.39 is 29.4 Å². The maximum Gasteiger partial charge on any atom is 0.433 e. The van der Waals surface area contributed by atoms with Gasteiger partial charge in [-0.3, -0.25) is 9.59 Å². The molecule has 1 amide bonds. The first-order valence-corrected chi connectivity index (χ1v) is 12.8. The van der Waals surface area contributed by atoms with Gasteiger partial charge in [0.05, 0.1) is 11.7 Å². The Balaban J connectivity index is 1.55. The predicted molar refractivity (Wildman–Crippen MR) is 138 cm³/mol. The van der Waals surface area contributed by atoms with Gasteiger partial charge in [0, 0.05) is 36.0 Å². The van der Waals surface area contributed by atoms with Crippen LogP contribution in [-0.2, 0) is 6.18 Å². The number of rotatable bonds is 3. The van der Waals surface area contributed by atoms with Crippen LogP contribution in [0.3, 0.4) is 0 Å². The zero-order valence-electron chi connectivity index (χ0n) is 20.7. The van der Waals surface area contributed by atoms with Gasteiger partial charge in [0.1, 0.15) is 11.3 Å². The Kier molecular flexibility index (Phi) is 6.57. The second kappa shape index (κ2) is 9.57. The number of hydrogen-bond acceptors (Lipinski definition) is 5. The molecule has 37 heavy (non-hydrogen) atoms. The standard InChI is InChI=1S/C27H27F3N4O2S/c1-15-4-6-17-21(12-15)37-22-13-16(2)5-7-18(22)23(17)31-25(35)19-14-20(34-10-8-33(3)9-11-34)24(27(28,29)30)32-26(19)36/h4-7,12-14,23H,8-11H2,1-3H3,(H,31,35)(H,32,36). The van der Waals surface area contributed by atoms with Crippen molar-refractivity contribution in [3.8, 4) is 0 Å². The molecule has 2 aromatic carbocycles. The number of aromatic nitrogens is 1. The Morgan fingerprint density at radius 1 is 0.973 bits per heavy atom. The molecule has 2 aliphatic heterocycles. The summed E-state index contributed by atoms with van der Waals surface area (Å²) in [7, 11) is 1.90. The second-order valence-electron chi connectivity index (χ2n) is 9.65. The number of halogens is 3. The number of hydrogen-bond donors (Lipinski definition) is 2. The van der Waals surface area contributed by atoms with Gasteiger partial charge in [-0.1, -0.05) is 36.0 Å². The van der Waals surface area contributed by atoms with Gasteiger partial charge < -0.3 is 20.1 Å². The average Bonchev–Trinajstić information content (AvgIpc) is 2.83. The fourth-order valence-electron chi connectivity index (χ4n) is 4.79. The summed E-state index contributed by atoms with van der Waals surface area (Å²) < 4.78 is 41.6. The third kappa shape index (κ3) is 5.00. The number of carbonyl (C=O) groups excluding carboxylic acids is 1. The molecule has 3 aromatic rings. The predicted octanol–water partition coefficient (Wildman–Crippen LogP) is 4.75. The van der Waals surface area contributed by atoms with E-state index in [1.54, 1.807) is 16.7 Å². The highest BCUT2D eigenvalue weighted by Crippen LogP contribution is 2.45. The van der Waals surface area contributed by atoms with E-state index in [0.717, 1.165) is 38.1 Å². The van der Waals surface area contributed by atoms with Crippen molar-refractivity contribution in [2.24, 2.45) is 0 Å². The van der Waals surface area contributed by atoms with E-state index in [9.17, 15) is 22.8 Å². The van der Waals surface area contributed by atoms with Crippen LogP contribution in [-0.4, -0.2) is 49.0 Å². The normalized spacial score (nSPS) is 16.3. The Bertz CT molecular complexity index is 1380. The molecule has 2 aliphatic rings. The van der Waals surface area contributed by atoms with Crippen LogP contribution in [0.4, 0.5) is 18.9 Å². The quantitative estimate of drug-likeness (QED) is 0.514. The van der Waals surface area contributed by atoms with Crippen molar-refractivity contribution < 1.29 is 18.0 Å². The van der Waals surface area contributed by atoms with Gasteiger partial charge >= 0.3 is 6.18 Å². The van der Waals surface area contributed by atoms with E-state index in [1.807, 2.05) is 67.2 Å². The summed E-state index contributed by atoms with van der Waals surface area (Å²) in [6.45, 7) is 5.83. The van der Waals surface area contributed by atoms with Crippen LogP contribution in [0.25, 0.3) is 0 Å². The van der Waals surface area contributed by atoms with Crippen LogP contribution >= 0.6 is 11.8 Å². The lowest BCUT2D eigenvalue weighted by atomic mass is 9.95. The Hall–Kier alpha value is -3.24. The summed E-state index contributed by atoms with van der Waals surface area (Å²) in [5.41, 5.74) is 1.17. The number of likely N-dealkylation sites (N-methyl/N-ethyl adjacent to an activating group) is 1. The number of nitrogens with one attached hydrogen (secondary N) is 2. The smallest absolute Gasteiger partial charge is 0.367 e. The van der Waals surface area contributed by atoms with Gasteiger partial charge in [-0.05, 0) is 61.3 Å². The molecule has 0 bridgehead atoms. The number of nitrogens with zero attached hydrogens (tertiary/aromatic N) is 2. The van der Waals surface area contributed by atoms with E-state index in [2.05, 4.69) is 5.32 Å². The number of carbonyl (C=O) groups is 1. The van der Waals surface area contributed by atoms with Gasteiger partial charge in [-0.25, -0.2) is 0 Å². The van der Waals surface area contributed by atoms with Gasteiger partial charge in [-0.2, -0.15) is 13.2 Å². The lowest BCUT2D eigenvalue weighted by Gasteiger charge is -2.35. The van der Waals surface area contributed by atoms with Crippen molar-refractivity contribution in [3.05, 3.63) is 86.3 Å². The third-order valence-corrected chi connectivity index (χ3v) is 7.99. The number of H-pyrrole nitrogens is 1. The minimum Gasteiger partial charge on any atom is -0.367 e. The van der Waals surface area contributed by atoms with Crippen LogP contribution in [0.1, 0.15) is 44.3 Å². The number of pyridine rings is 1. The molecule has 1 saturated heterocycles. The Morgan fingerprint density at radius 3 is 2.08 bits per heavy atom. The molecule has 1 fully saturated rings. The molecule has 0 unspecified atom stereocenters. The Labute approximate surface area is 216 Å². The molecule has 194 valence electrons. The summed E-state index contributed by atoms with van der Waals surface area (Å²) in [4.78, 5) is 33.8. The number of aromatic amines is 1. The van der Waals surface area contributed by atoms with Crippen LogP contribution < -0.4 is 15.8 Å². The molecule has 3 heterocycles. The second-order valence-corrected chi connectivity index (χ2v) is 10.7. The summed E-state index contributed by atoms with van der Waals surface area (Å²) in [5.74, 6) is -0.722. The van der Waals surface area contributed by atoms with Gasteiger partial charge in [0.2, 0.25) is 0 Å². The van der Waals surface area contributed by atoms with Crippen LogP contribution in [0, 0.1) is 13.8 Å². The number of piperazine rings is 1. The number of benzene rings is 2. The van der Waals surface area contributed by atoms with Crippen molar-refractivity contribution in [1.29, 1.82) is 0 Å². The SMILES string of the molecule is Cc1ccc2c(c1)Sc1cc(C)ccc1C2NC(=O)c1cc(N2CCN(C)CC2)c(C(F)(F)F)[nH]c1=O. The molecular formula is C27H27F3N4O2S. The topological polar surface area (TPSA) is 68.4 Å². The maximum absolute atomic E-state index is 13.9. The summed E-state index contributed by atoms with van der Waals surface area (Å²) in [6, 6.07) is 12.4. The molecule has 0 radical (unpaired) electrons. The molecule has 6 nitrogen and oxygen atoms in total. The molecule has 0 atom stereocenters. The highest BCUT2D eigenvalue weighted by molar-refractivity contribution is 7.99. The van der Waals surface area contributed by atoms with E-state index in [4.69, 9.17) is 0 Å². The third-order valence-electron chi connectivity index (χ3n) is 6.85. The largest absolute Gasteiger partial charge is 0.433 e. The van der Waals surface area contributed by atoms with Crippen molar-refractivity contribution in [2.45, 2.75) is 35.9 Å². The zero-order valence-corrected chi connectivity index (χ0v) is 21.5. The lowest BCUT2D eigenvalue weighted by Crippen LogP contribution is -2.46. The molecule has 0 spiro atoms. The number of alkyl halides is 3. The van der Waals surface area contributed by atoms with E-state index in [-0.39, 0.29) is 11.3 Å². The first kappa shape index (κ1) is 25.4. The number of anilines is 1. The first-order chi connectivity index (χ1) is 17.5. The first-order valence-electron chi connectivity index (χ1n) is 12.0. The summed E-state index contributed by atoms with van der Waals surface area (Å²) >= 11 is 1.61. The van der Waals surface area contributed by atoms with Crippen molar-refractivity contribution in [3.63, 3.8) is 0 Å². The molecule has 0 aliphatic carbocycles. The highest BCUT2D eigenvalue weighted by Gasteiger charge is 2.38. The molecule has 2 N–H and O–H groups in total. The molecule has 10 heteroatoms. The average molecular weight is 529 g/mol. The minimum atomic E-state index is -4.76. The number of amides is 1. The van der Waals surface area contributed by atoms with Crippen LogP contribution in [0.15, 0.2) is 57.1 Å². The van der Waals surface area contributed by atoms with Crippen molar-refractivity contribution in [1.82, 2.24) is 15.2 Å². The lowest BCUT2D eigenvalue weighted by molar-refractivity contribution is -0.140. The van der Waals surface area contributed by atoms with E-state index >= 15 is 0 Å². The number of aryl methyl sites for hydroxylation is 2. The monoisotopic (exact) mass is 528 g/mol. The summed E-state index contributed by atoms with van der Waals surface area (Å²) in [5, 5.41) is 2.94. The summed E-state index contributed by atoms with van der Waals surface area (Å²) in [6.07, 6.45) is -4.76. The maximum atomic E-state index is 13.9. The fourth-order valence-corrected chi connectivity index (χ4v) is 6.12. The van der Waals surface area contributed by atoms with Gasteiger partial charge in [0.15, 0.2) is 0 Å². The van der Waals surface area contributed by atoms with Gasteiger partial charge in [-0.15, -0.1) is 0 Å². The van der Waals surface area contributed by atoms with Crippen molar-refractivity contribution in [2.75, 3.05) is 38.1 Å².